The number of rotatable bonds is 7. The van der Waals surface area contributed by atoms with Crippen molar-refractivity contribution in [2.45, 2.75) is 19.3 Å². The third-order valence-corrected chi connectivity index (χ3v) is 4.61. The van der Waals surface area contributed by atoms with Crippen LogP contribution in [0.25, 0.3) is 11.1 Å². The Labute approximate surface area is 154 Å². The van der Waals surface area contributed by atoms with Crippen molar-refractivity contribution < 1.29 is 14.3 Å². The first-order chi connectivity index (χ1) is 12.7. The Morgan fingerprint density at radius 3 is 2.65 bits per heavy atom. The monoisotopic (exact) mass is 352 g/mol. The zero-order valence-electron chi connectivity index (χ0n) is 15.0. The second-order valence-electron chi connectivity index (χ2n) is 6.40. The standard InChI is InChI=1S/C21H24N2O3/c1-26-19-10-8-16(9-11-19)17-5-2-6-18(15-17)21(25)22-12-4-14-23-13-3-7-20(23)24/h2,5-6,8-11,15H,3-4,7,12-14H2,1H3,(H,22,25). The number of nitrogens with zero attached hydrogens (tertiary/aromatic N) is 1. The van der Waals surface area contributed by atoms with Gasteiger partial charge in [0.1, 0.15) is 5.75 Å². The van der Waals surface area contributed by atoms with E-state index in [9.17, 15) is 9.59 Å². The lowest BCUT2D eigenvalue weighted by atomic mass is 10.0. The molecule has 0 saturated carbocycles. The van der Waals surface area contributed by atoms with E-state index < -0.39 is 0 Å². The molecule has 26 heavy (non-hydrogen) atoms. The molecule has 2 amide bonds. The van der Waals surface area contributed by atoms with Crippen molar-refractivity contribution in [3.8, 4) is 16.9 Å². The van der Waals surface area contributed by atoms with Crippen molar-refractivity contribution in [1.82, 2.24) is 10.2 Å². The van der Waals surface area contributed by atoms with E-state index in [0.717, 1.165) is 36.3 Å². The Balaban J connectivity index is 1.54. The number of amides is 2. The summed E-state index contributed by atoms with van der Waals surface area (Å²) in [6.45, 7) is 2.12. The molecular formula is C21H24N2O3. The normalized spacial score (nSPS) is 13.7. The Bertz CT molecular complexity index is 771. The van der Waals surface area contributed by atoms with Crippen LogP contribution in [0.4, 0.5) is 0 Å². The molecular weight excluding hydrogens is 328 g/mol. The molecule has 0 atom stereocenters. The summed E-state index contributed by atoms with van der Waals surface area (Å²) < 4.78 is 5.18. The van der Waals surface area contributed by atoms with E-state index in [-0.39, 0.29) is 11.8 Å². The Hall–Kier alpha value is -2.82. The summed E-state index contributed by atoms with van der Waals surface area (Å²) >= 11 is 0. The van der Waals surface area contributed by atoms with Crippen LogP contribution in [-0.4, -0.2) is 43.5 Å². The Morgan fingerprint density at radius 2 is 1.96 bits per heavy atom. The maximum atomic E-state index is 12.4. The van der Waals surface area contributed by atoms with Crippen LogP contribution in [0.1, 0.15) is 29.6 Å². The number of nitrogens with one attached hydrogen (secondary N) is 1. The van der Waals surface area contributed by atoms with Crippen molar-refractivity contribution in [3.05, 3.63) is 54.1 Å². The quantitative estimate of drug-likeness (QED) is 0.779. The second-order valence-corrected chi connectivity index (χ2v) is 6.40. The lowest BCUT2D eigenvalue weighted by Gasteiger charge is -2.15. The van der Waals surface area contributed by atoms with E-state index in [0.29, 0.717) is 25.1 Å². The van der Waals surface area contributed by atoms with Gasteiger partial charge in [0.15, 0.2) is 0 Å². The molecule has 2 aromatic rings. The zero-order valence-corrected chi connectivity index (χ0v) is 15.0. The highest BCUT2D eigenvalue weighted by atomic mass is 16.5. The van der Waals surface area contributed by atoms with E-state index in [2.05, 4.69) is 5.32 Å². The summed E-state index contributed by atoms with van der Waals surface area (Å²) in [7, 11) is 1.64. The lowest BCUT2D eigenvalue weighted by molar-refractivity contribution is -0.127. The van der Waals surface area contributed by atoms with Gasteiger partial charge in [0.05, 0.1) is 7.11 Å². The van der Waals surface area contributed by atoms with E-state index in [4.69, 9.17) is 4.74 Å². The maximum absolute atomic E-state index is 12.4. The SMILES string of the molecule is COc1ccc(-c2cccc(C(=O)NCCCN3CCCC3=O)c2)cc1. The summed E-state index contributed by atoms with van der Waals surface area (Å²) in [6.07, 6.45) is 2.38. The minimum absolute atomic E-state index is 0.0897. The van der Waals surface area contributed by atoms with Gasteiger partial charge in [-0.2, -0.15) is 0 Å². The molecule has 1 heterocycles. The van der Waals surface area contributed by atoms with Crippen LogP contribution in [0.2, 0.25) is 0 Å². The van der Waals surface area contributed by atoms with Crippen LogP contribution < -0.4 is 10.1 Å². The van der Waals surface area contributed by atoms with Gasteiger partial charge in [-0.05, 0) is 48.2 Å². The molecule has 1 aliphatic rings. The van der Waals surface area contributed by atoms with Crippen molar-refractivity contribution in [1.29, 1.82) is 0 Å². The first kappa shape index (κ1) is 18.0. The van der Waals surface area contributed by atoms with Crippen LogP contribution in [0.15, 0.2) is 48.5 Å². The number of carbonyl (C=O) groups is 2. The molecule has 0 radical (unpaired) electrons. The van der Waals surface area contributed by atoms with Crippen molar-refractivity contribution in [3.63, 3.8) is 0 Å². The molecule has 136 valence electrons. The molecule has 1 aliphatic heterocycles. The third-order valence-electron chi connectivity index (χ3n) is 4.61. The average Bonchev–Trinajstić information content (AvgIpc) is 3.10. The Morgan fingerprint density at radius 1 is 1.15 bits per heavy atom. The predicted octanol–water partition coefficient (Wildman–Crippen LogP) is 3.10. The van der Waals surface area contributed by atoms with Gasteiger partial charge in [0, 0.05) is 31.6 Å². The molecule has 0 aliphatic carbocycles. The van der Waals surface area contributed by atoms with Gasteiger partial charge in [-0.3, -0.25) is 9.59 Å². The number of ether oxygens (including phenoxy) is 1. The van der Waals surface area contributed by atoms with Gasteiger partial charge in [-0.25, -0.2) is 0 Å². The van der Waals surface area contributed by atoms with Gasteiger partial charge in [0.2, 0.25) is 5.91 Å². The number of hydrogen-bond acceptors (Lipinski definition) is 3. The van der Waals surface area contributed by atoms with Crippen LogP contribution >= 0.6 is 0 Å². The molecule has 1 fully saturated rings. The molecule has 0 bridgehead atoms. The molecule has 5 nitrogen and oxygen atoms in total. The van der Waals surface area contributed by atoms with Crippen molar-refractivity contribution >= 4 is 11.8 Å². The van der Waals surface area contributed by atoms with Gasteiger partial charge in [0.25, 0.3) is 5.91 Å². The van der Waals surface area contributed by atoms with Gasteiger partial charge < -0.3 is 15.0 Å². The first-order valence-electron chi connectivity index (χ1n) is 8.98. The van der Waals surface area contributed by atoms with E-state index in [1.807, 2.05) is 53.4 Å². The fourth-order valence-corrected chi connectivity index (χ4v) is 3.14. The molecule has 1 N–H and O–H groups in total. The number of methoxy groups -OCH3 is 1. The lowest BCUT2D eigenvalue weighted by Crippen LogP contribution is -2.30. The summed E-state index contributed by atoms with van der Waals surface area (Å²) in [5, 5.41) is 2.94. The van der Waals surface area contributed by atoms with E-state index in [1.165, 1.54) is 0 Å². The summed E-state index contributed by atoms with van der Waals surface area (Å²) in [6, 6.07) is 15.3. The second kappa shape index (κ2) is 8.52. The fraction of sp³-hybridized carbons (Fsp3) is 0.333. The van der Waals surface area contributed by atoms with Gasteiger partial charge in [-0.1, -0.05) is 24.3 Å². The maximum Gasteiger partial charge on any atom is 0.251 e. The minimum atomic E-state index is -0.0897. The Kier molecular flexibility index (Phi) is 5.89. The summed E-state index contributed by atoms with van der Waals surface area (Å²) in [5.41, 5.74) is 2.66. The summed E-state index contributed by atoms with van der Waals surface area (Å²) in [5.74, 6) is 0.941. The number of benzene rings is 2. The average molecular weight is 352 g/mol. The molecule has 1 saturated heterocycles. The fourth-order valence-electron chi connectivity index (χ4n) is 3.14. The molecule has 2 aromatic carbocycles. The molecule has 0 spiro atoms. The predicted molar refractivity (Wildman–Crippen MR) is 101 cm³/mol. The molecule has 0 unspecified atom stereocenters. The molecule has 5 heteroatoms. The van der Waals surface area contributed by atoms with Gasteiger partial charge >= 0.3 is 0 Å². The smallest absolute Gasteiger partial charge is 0.251 e. The van der Waals surface area contributed by atoms with Crippen molar-refractivity contribution in [2.24, 2.45) is 0 Å². The highest BCUT2D eigenvalue weighted by Gasteiger charge is 2.19. The summed E-state index contributed by atoms with van der Waals surface area (Å²) in [4.78, 5) is 25.8. The van der Waals surface area contributed by atoms with Crippen LogP contribution in [0.5, 0.6) is 5.75 Å². The number of likely N-dealkylation sites (tertiary alicyclic amines) is 1. The van der Waals surface area contributed by atoms with E-state index >= 15 is 0 Å². The molecule has 0 aromatic heterocycles. The topological polar surface area (TPSA) is 58.6 Å². The number of hydrogen-bond donors (Lipinski definition) is 1. The number of carbonyl (C=O) groups excluding carboxylic acids is 2. The zero-order chi connectivity index (χ0) is 18.4. The largest absolute Gasteiger partial charge is 0.497 e. The van der Waals surface area contributed by atoms with Gasteiger partial charge in [-0.15, -0.1) is 0 Å². The highest BCUT2D eigenvalue weighted by molar-refractivity contribution is 5.95. The van der Waals surface area contributed by atoms with E-state index in [1.54, 1.807) is 7.11 Å². The minimum Gasteiger partial charge on any atom is -0.497 e. The third kappa shape index (κ3) is 4.42. The molecule has 3 rings (SSSR count). The highest BCUT2D eigenvalue weighted by Crippen LogP contribution is 2.23. The van der Waals surface area contributed by atoms with Crippen molar-refractivity contribution in [2.75, 3.05) is 26.7 Å². The first-order valence-corrected chi connectivity index (χ1v) is 8.98. The van der Waals surface area contributed by atoms with Crippen LogP contribution in [-0.2, 0) is 4.79 Å². The van der Waals surface area contributed by atoms with Crippen LogP contribution in [0.3, 0.4) is 0 Å². The van der Waals surface area contributed by atoms with Crippen LogP contribution in [0, 0.1) is 0 Å².